The van der Waals surface area contributed by atoms with Crippen LogP contribution in [0.15, 0.2) is 101 Å². The van der Waals surface area contributed by atoms with Crippen molar-refractivity contribution in [2.24, 2.45) is 0 Å². The second-order valence-electron chi connectivity index (χ2n) is 10.6. The van der Waals surface area contributed by atoms with E-state index < -0.39 is 4.92 Å². The Morgan fingerprint density at radius 2 is 1.31 bits per heavy atom. The normalized spacial score (nSPS) is 9.34. The van der Waals surface area contributed by atoms with Crippen LogP contribution in [0.2, 0.25) is 15.1 Å². The Morgan fingerprint density at radius 3 is 1.79 bits per heavy atom. The number of hydrogen-bond donors (Lipinski definition) is 5. The summed E-state index contributed by atoms with van der Waals surface area (Å²) in [5.74, 6) is 2.29. The largest absolute Gasteiger partial charge is 2.00 e. The molecule has 0 bridgehead atoms. The van der Waals surface area contributed by atoms with Crippen LogP contribution in [0.1, 0.15) is 0 Å². The van der Waals surface area contributed by atoms with E-state index >= 15 is 0 Å². The van der Waals surface area contributed by atoms with E-state index in [1.54, 1.807) is 32.5 Å². The number of aromatic hydroxyl groups is 2. The van der Waals surface area contributed by atoms with Crippen LogP contribution < -0.4 is 35.8 Å². The van der Waals surface area contributed by atoms with Crippen molar-refractivity contribution in [2.75, 3.05) is 21.3 Å². The molecule has 3 aromatic carbocycles. The van der Waals surface area contributed by atoms with Crippen LogP contribution in [-0.4, -0.2) is 92.2 Å². The Balaban J connectivity index is 0.000000782. The van der Waals surface area contributed by atoms with Crippen LogP contribution in [0, 0.1) is 16.7 Å². The molecule has 0 unspecified atom stereocenters. The Bertz CT molecular complexity index is 2490. The molecule has 7 rings (SSSR count). The number of aromatic nitrogens is 4. The molecule has 14 nitrogen and oxygen atoms in total. The molecule has 5 N–H and O–H groups in total. The van der Waals surface area contributed by atoms with Gasteiger partial charge < -0.3 is 67.6 Å². The van der Waals surface area contributed by atoms with E-state index in [9.17, 15) is 15.2 Å². The molecule has 0 atom stereocenters. The Morgan fingerprint density at radius 1 is 0.806 bits per heavy atom. The van der Waals surface area contributed by atoms with Gasteiger partial charge in [-0.1, -0.05) is 34.8 Å². The fourth-order valence-electron chi connectivity index (χ4n) is 4.86. The summed E-state index contributed by atoms with van der Waals surface area (Å²) in [5, 5.41) is 40.2. The molecular formula is C37H31BBr3Cl3I2MgN5O9V. The molecule has 0 amide bonds. The third-order valence-corrected chi connectivity index (χ3v) is 9.30. The first-order valence-electron chi connectivity index (χ1n) is 16.0. The first kappa shape index (κ1) is 60.1. The van der Waals surface area contributed by atoms with Gasteiger partial charge in [0.25, 0.3) is 5.69 Å². The monoisotopic (exact) mass is 1370 g/mol. The third-order valence-electron chi connectivity index (χ3n) is 7.20. The quantitative estimate of drug-likeness (QED) is 0.0336. The van der Waals surface area contributed by atoms with E-state index in [4.69, 9.17) is 59.1 Å². The topological polar surface area (TPSA) is 198 Å². The number of halogens is 8. The van der Waals surface area contributed by atoms with Crippen LogP contribution in [0.25, 0.3) is 32.9 Å². The Labute approximate surface area is 444 Å². The molecule has 0 spiro atoms. The maximum Gasteiger partial charge on any atom is 2.00 e. The molecule has 25 heteroatoms. The minimum atomic E-state index is -0.558. The van der Waals surface area contributed by atoms with Crippen molar-refractivity contribution < 1.29 is 65.5 Å². The first-order chi connectivity index (χ1) is 28.7. The Kier molecular flexibility index (Phi) is 30.9. The van der Waals surface area contributed by atoms with Crippen molar-refractivity contribution in [3.05, 3.63) is 133 Å². The number of rotatable bonds is 7. The van der Waals surface area contributed by atoms with E-state index in [1.165, 1.54) is 43.9 Å². The molecule has 1 radical (unpaired) electrons. The van der Waals surface area contributed by atoms with Gasteiger partial charge in [-0.25, -0.2) is 0 Å². The van der Waals surface area contributed by atoms with E-state index in [0.717, 1.165) is 43.2 Å². The fraction of sp³-hybridized carbons (Fsp3) is 0.0811. The van der Waals surface area contributed by atoms with Gasteiger partial charge in [-0.2, -0.15) is 0 Å². The zero-order valence-corrected chi connectivity index (χ0v) is 46.4. The standard InChI is InChI=1S/C14H11ClN2O2.C9H7BrClNO.C7H5BrClNO3.C5H5BNO3.C2H3.BrH.2HI.Mg.V/c1-19-14-10-2-3-17-13(10)12(15)5-11(14)8-4-9(18)7-16-6-8;1-13-9-5-2-3-12-8(5)7(11)4-6(9)10;1-13-7-3-6(10(11)12)5(9)2-4(7)8;8-4-1-5(10-6-9)3-7-2-4;1-2;;;;;/h2-7,17-18H,1H3;2-4,12H,1H3;2-3H,1H3;1-3,8-9H;1H,2H2;3*1H;;/q;;;;-1;;;;2*+2/p-3. The van der Waals surface area contributed by atoms with Gasteiger partial charge in [-0.3, -0.25) is 26.7 Å². The van der Waals surface area contributed by atoms with Crippen LogP contribution >= 0.6 is 107 Å². The number of nitrogens with zero attached hydrogens (tertiary/aromatic N) is 3. The number of methoxy groups -OCH3 is 3. The van der Waals surface area contributed by atoms with Gasteiger partial charge in [0.05, 0.1) is 80.9 Å². The number of aromatic amines is 2. The number of nitro benzene ring substituents is 1. The summed E-state index contributed by atoms with van der Waals surface area (Å²) in [5.41, 5.74) is 3.11. The van der Waals surface area contributed by atoms with E-state index in [-0.39, 0.29) is 62.2 Å². The van der Waals surface area contributed by atoms with E-state index in [2.05, 4.69) is 110 Å². The maximum absolute atomic E-state index is 10.5. The third kappa shape index (κ3) is 17.8. The van der Waals surface area contributed by atoms with Crippen molar-refractivity contribution in [3.8, 4) is 45.6 Å². The number of pyridine rings is 2. The van der Waals surface area contributed by atoms with Gasteiger partial charge in [0.2, 0.25) is 0 Å². The molecule has 4 aromatic heterocycles. The summed E-state index contributed by atoms with van der Waals surface area (Å²) in [7, 11) is 5.83. The average molecular weight is 1380 g/mol. The fourth-order valence-corrected chi connectivity index (χ4v) is 7.00. The van der Waals surface area contributed by atoms with Crippen LogP contribution in [0.3, 0.4) is 0 Å². The van der Waals surface area contributed by atoms with Crippen molar-refractivity contribution >= 4 is 165 Å². The van der Waals surface area contributed by atoms with Crippen LogP contribution in [0.4, 0.5) is 5.69 Å². The molecule has 324 valence electrons. The SMILES string of the molecule is COc1c(-c2cncc(O)c2)cc(Cl)c2[nH]ccc12.COc1c(Br)cc(Cl)c2[nH]ccc12.COc1cc([N+](=O)[O-])c(Cl)cc1Br.O[B]Oc1cncc(O)c1.[Br-].[CH-]=C.[I][V][I].[Mg+2]. The van der Waals surface area contributed by atoms with Gasteiger partial charge in [-0.05, 0) is 68.3 Å². The summed E-state index contributed by atoms with van der Waals surface area (Å²) >= 11 is 29.2. The van der Waals surface area contributed by atoms with Gasteiger partial charge in [0.1, 0.15) is 39.5 Å². The second kappa shape index (κ2) is 31.9. The Hall–Kier alpha value is -1.87. The van der Waals surface area contributed by atoms with Crippen molar-refractivity contribution in [2.45, 2.75) is 0 Å². The number of fused-ring (bicyclic) bond motifs is 2. The smallest absolute Gasteiger partial charge is 2.00 e. The van der Waals surface area contributed by atoms with Crippen LogP contribution in [0.5, 0.6) is 34.5 Å². The second-order valence-corrected chi connectivity index (χ2v) is 25.4. The molecule has 0 saturated carbocycles. The molecule has 7 aromatic rings. The molecule has 4 heterocycles. The molecule has 0 aliphatic rings. The average Bonchev–Trinajstić information content (AvgIpc) is 3.92. The van der Waals surface area contributed by atoms with Gasteiger partial charge in [0, 0.05) is 46.6 Å². The summed E-state index contributed by atoms with van der Waals surface area (Å²) in [4.78, 5) is 23.6. The zero-order valence-electron chi connectivity index (χ0n) is 32.3. The zero-order chi connectivity index (χ0) is 44.9. The predicted molar refractivity (Wildman–Crippen MR) is 263 cm³/mol. The predicted octanol–water partition coefficient (Wildman–Crippen LogP) is 8.90. The van der Waals surface area contributed by atoms with Crippen molar-refractivity contribution in [1.29, 1.82) is 0 Å². The van der Waals surface area contributed by atoms with E-state index in [0.29, 0.717) is 48.9 Å². The van der Waals surface area contributed by atoms with E-state index in [1.807, 2.05) is 30.6 Å². The summed E-state index contributed by atoms with van der Waals surface area (Å²) in [6.45, 7) is 7.00. The first-order valence-corrected chi connectivity index (χ1v) is 27.7. The van der Waals surface area contributed by atoms with Crippen molar-refractivity contribution in [1.82, 2.24) is 19.9 Å². The minimum absolute atomic E-state index is 0. The maximum atomic E-state index is 10.5. The van der Waals surface area contributed by atoms with Crippen molar-refractivity contribution in [3.63, 3.8) is 0 Å². The number of nitro groups is 1. The number of ether oxygens (including phenoxy) is 3. The van der Waals surface area contributed by atoms with Gasteiger partial charge in [0.15, 0.2) is 0 Å². The summed E-state index contributed by atoms with van der Waals surface area (Å²) < 4.78 is 21.6. The molecule has 0 fully saturated rings. The summed E-state index contributed by atoms with van der Waals surface area (Å²) in [6, 6.07) is 13.1. The molecule has 0 aliphatic carbocycles. The number of H-pyrrole nitrogens is 2. The van der Waals surface area contributed by atoms with Crippen LogP contribution in [-0.2, 0) is 9.47 Å². The number of nitrogens with one attached hydrogen (secondary N) is 2. The number of benzene rings is 3. The van der Waals surface area contributed by atoms with Gasteiger partial charge in [-0.15, -0.1) is 0 Å². The molecule has 62 heavy (non-hydrogen) atoms. The van der Waals surface area contributed by atoms with Gasteiger partial charge >= 0.3 is 80.2 Å². The molecule has 0 saturated heterocycles. The molecular weight excluding hydrogens is 1340 g/mol. The summed E-state index contributed by atoms with van der Waals surface area (Å²) in [6.07, 6.45) is 9.32. The minimum Gasteiger partial charge on any atom is 2.00 e. The number of hydrogen-bond acceptors (Lipinski definition) is 11. The molecule has 0 aliphatic heterocycles.